The number of hydrogen-bond donors (Lipinski definition) is 4. The third-order valence-electron chi connectivity index (χ3n) is 8.93. The highest BCUT2D eigenvalue weighted by Gasteiger charge is 2.46. The maximum Gasteiger partial charge on any atom is 0.247 e. The van der Waals surface area contributed by atoms with E-state index in [0.29, 0.717) is 42.7 Å². The molecule has 1 saturated heterocycles. The molecule has 2 aromatic carbocycles. The van der Waals surface area contributed by atoms with Crippen LogP contribution in [0.1, 0.15) is 58.1 Å². The van der Waals surface area contributed by atoms with Crippen LogP contribution >= 0.6 is 0 Å². The van der Waals surface area contributed by atoms with Gasteiger partial charge in [0.1, 0.15) is 35.7 Å². The van der Waals surface area contributed by atoms with Crippen LogP contribution in [-0.2, 0) is 25.6 Å². The standard InChI is InChI=1S/C36H49N5O6/c1-7-23(4)31-34(43)38-17-15-25-21-26(13-14-29(25)46-6)47-30-16-18-41(32(30)35(44)40-31)36(45)28(19-22(2)3)39-33(42)27(37-5)20-24-11-9-8-10-12-24/h8-15,17,21-23,27-28,30-32,37H,7,16,18-20H2,1-6H3,(H,38,43)(H,39,42)(H,40,44)/b17-15-. The van der Waals surface area contributed by atoms with Crippen LogP contribution < -0.4 is 30.7 Å². The summed E-state index contributed by atoms with van der Waals surface area (Å²) in [5.74, 6) is -0.529. The monoisotopic (exact) mass is 647 g/mol. The summed E-state index contributed by atoms with van der Waals surface area (Å²) in [6, 6.07) is 11.7. The molecule has 6 atom stereocenters. The van der Waals surface area contributed by atoms with Gasteiger partial charge < -0.3 is 35.6 Å². The van der Waals surface area contributed by atoms with Crippen LogP contribution in [0.4, 0.5) is 0 Å². The van der Waals surface area contributed by atoms with E-state index in [-0.39, 0.29) is 36.1 Å². The molecular formula is C36H49N5O6. The van der Waals surface area contributed by atoms with E-state index in [9.17, 15) is 19.2 Å². The molecular weight excluding hydrogens is 598 g/mol. The third kappa shape index (κ3) is 8.91. The Morgan fingerprint density at radius 2 is 1.81 bits per heavy atom. The summed E-state index contributed by atoms with van der Waals surface area (Å²) in [5, 5.41) is 11.8. The van der Waals surface area contributed by atoms with Crippen LogP contribution in [-0.4, -0.2) is 79.5 Å². The van der Waals surface area contributed by atoms with Gasteiger partial charge >= 0.3 is 0 Å². The van der Waals surface area contributed by atoms with Crippen molar-refractivity contribution in [3.63, 3.8) is 0 Å². The summed E-state index contributed by atoms with van der Waals surface area (Å²) >= 11 is 0. The van der Waals surface area contributed by atoms with Gasteiger partial charge in [-0.05, 0) is 61.6 Å². The number of fused-ring (bicyclic) bond motifs is 3. The maximum atomic E-state index is 14.4. The predicted octanol–water partition coefficient (Wildman–Crippen LogP) is 3.04. The number of rotatable bonds is 11. The van der Waals surface area contributed by atoms with Crippen molar-refractivity contribution in [2.75, 3.05) is 20.7 Å². The number of nitrogens with one attached hydrogen (secondary N) is 4. The van der Waals surface area contributed by atoms with Gasteiger partial charge in [-0.25, -0.2) is 0 Å². The molecule has 4 amide bonds. The Balaban J connectivity index is 1.65. The SMILES string of the molecule is CCC(C)C1NC(=O)C2C(CCN2C(=O)C(CC(C)C)NC(=O)C(Cc2ccccc2)NC)Oc2ccc(OC)c(c2)/C=C\NC1=O. The highest BCUT2D eigenvalue weighted by molar-refractivity contribution is 5.96. The number of amides is 4. The lowest BCUT2D eigenvalue weighted by Gasteiger charge is -2.33. The second-order valence-corrected chi connectivity index (χ2v) is 12.8. The molecule has 47 heavy (non-hydrogen) atoms. The first-order valence-corrected chi connectivity index (χ1v) is 16.5. The summed E-state index contributed by atoms with van der Waals surface area (Å²) < 4.78 is 11.9. The van der Waals surface area contributed by atoms with Crippen molar-refractivity contribution >= 4 is 29.7 Å². The quantitative estimate of drug-likeness (QED) is 0.294. The zero-order chi connectivity index (χ0) is 34.1. The minimum atomic E-state index is -1.03. The predicted molar refractivity (Wildman–Crippen MR) is 180 cm³/mol. The number of likely N-dealkylation sites (tertiary alicyclic amines) is 1. The normalized spacial score (nSPS) is 22.2. The van der Waals surface area contributed by atoms with E-state index >= 15 is 0 Å². The van der Waals surface area contributed by atoms with Crippen molar-refractivity contribution in [3.8, 4) is 11.5 Å². The van der Waals surface area contributed by atoms with Gasteiger partial charge in [-0.3, -0.25) is 19.2 Å². The summed E-state index contributed by atoms with van der Waals surface area (Å²) in [6.07, 6.45) is 4.41. The fourth-order valence-corrected chi connectivity index (χ4v) is 6.12. The number of nitrogens with zero attached hydrogens (tertiary/aromatic N) is 1. The minimum absolute atomic E-state index is 0.0821. The molecule has 11 nitrogen and oxygen atoms in total. The Kier molecular flexibility index (Phi) is 12.4. The molecule has 0 aliphatic carbocycles. The lowest BCUT2D eigenvalue weighted by atomic mass is 9.97. The first kappa shape index (κ1) is 35.5. The van der Waals surface area contributed by atoms with Gasteiger partial charge in [0.2, 0.25) is 23.6 Å². The molecule has 0 radical (unpaired) electrons. The topological polar surface area (TPSA) is 138 Å². The number of benzene rings is 2. The average Bonchev–Trinajstić information content (AvgIpc) is 3.48. The van der Waals surface area contributed by atoms with Crippen LogP contribution in [0.3, 0.4) is 0 Å². The first-order chi connectivity index (χ1) is 22.6. The van der Waals surface area contributed by atoms with Crippen molar-refractivity contribution in [3.05, 3.63) is 65.9 Å². The summed E-state index contributed by atoms with van der Waals surface area (Å²) in [4.78, 5) is 56.9. The van der Waals surface area contributed by atoms with Crippen LogP contribution in [0.2, 0.25) is 0 Å². The number of carbonyl (C=O) groups is 4. The van der Waals surface area contributed by atoms with E-state index in [2.05, 4.69) is 21.3 Å². The minimum Gasteiger partial charge on any atom is -0.496 e. The van der Waals surface area contributed by atoms with Gasteiger partial charge in [0.15, 0.2) is 0 Å². The van der Waals surface area contributed by atoms with Crippen LogP contribution in [0, 0.1) is 11.8 Å². The Morgan fingerprint density at radius 1 is 1.06 bits per heavy atom. The average molecular weight is 648 g/mol. The Morgan fingerprint density at radius 3 is 2.47 bits per heavy atom. The van der Waals surface area contributed by atoms with Crippen molar-refractivity contribution < 1.29 is 28.7 Å². The third-order valence-corrected chi connectivity index (χ3v) is 8.93. The number of carbonyl (C=O) groups excluding carboxylic acids is 4. The highest BCUT2D eigenvalue weighted by atomic mass is 16.5. The molecule has 11 heteroatoms. The zero-order valence-corrected chi connectivity index (χ0v) is 28.2. The molecule has 1 fully saturated rings. The fraction of sp³-hybridized carbons (Fsp3) is 0.500. The molecule has 2 aliphatic rings. The van der Waals surface area contributed by atoms with Crippen LogP contribution in [0.25, 0.3) is 6.08 Å². The Bertz CT molecular complexity index is 1430. The van der Waals surface area contributed by atoms with Crippen molar-refractivity contribution in [1.82, 2.24) is 26.2 Å². The lowest BCUT2D eigenvalue weighted by molar-refractivity contribution is -0.144. The van der Waals surface area contributed by atoms with E-state index < -0.39 is 36.2 Å². The number of ether oxygens (including phenoxy) is 2. The molecule has 4 N–H and O–H groups in total. The van der Waals surface area contributed by atoms with Crippen molar-refractivity contribution in [1.29, 1.82) is 0 Å². The molecule has 2 aromatic rings. The lowest BCUT2D eigenvalue weighted by Crippen LogP contribution is -2.60. The van der Waals surface area contributed by atoms with Crippen molar-refractivity contribution in [2.45, 2.75) is 83.6 Å². The molecule has 4 rings (SSSR count). The van der Waals surface area contributed by atoms with E-state index in [1.54, 1.807) is 38.4 Å². The highest BCUT2D eigenvalue weighted by Crippen LogP contribution is 2.30. The molecule has 6 unspecified atom stereocenters. The van der Waals surface area contributed by atoms with Gasteiger partial charge in [0, 0.05) is 24.7 Å². The molecule has 0 saturated carbocycles. The van der Waals surface area contributed by atoms with Gasteiger partial charge in [-0.2, -0.15) is 0 Å². The number of methoxy groups -OCH3 is 1. The fourth-order valence-electron chi connectivity index (χ4n) is 6.12. The second kappa shape index (κ2) is 16.4. The van der Waals surface area contributed by atoms with Crippen LogP contribution in [0.5, 0.6) is 11.5 Å². The van der Waals surface area contributed by atoms with E-state index in [4.69, 9.17) is 9.47 Å². The van der Waals surface area contributed by atoms with Gasteiger partial charge in [0.05, 0.1) is 13.2 Å². The number of hydrogen-bond acceptors (Lipinski definition) is 7. The van der Waals surface area contributed by atoms with Crippen molar-refractivity contribution in [2.24, 2.45) is 11.8 Å². The van der Waals surface area contributed by atoms with Gasteiger partial charge in [-0.15, -0.1) is 0 Å². The second-order valence-electron chi connectivity index (χ2n) is 12.8. The number of likely N-dealkylation sites (N-methyl/N-ethyl adjacent to an activating group) is 1. The molecule has 254 valence electrons. The maximum absolute atomic E-state index is 14.4. The summed E-state index contributed by atoms with van der Waals surface area (Å²) in [6.45, 7) is 8.06. The Labute approximate surface area is 277 Å². The van der Waals surface area contributed by atoms with Gasteiger partial charge in [-0.1, -0.05) is 64.4 Å². The molecule has 0 aromatic heterocycles. The van der Waals surface area contributed by atoms with Gasteiger partial charge in [0.25, 0.3) is 0 Å². The molecule has 2 heterocycles. The van der Waals surface area contributed by atoms with E-state index in [1.165, 1.54) is 11.1 Å². The zero-order valence-electron chi connectivity index (χ0n) is 28.2. The molecule has 2 bridgehead atoms. The Hall–Kier alpha value is -4.38. The summed E-state index contributed by atoms with van der Waals surface area (Å²) in [7, 11) is 3.28. The van der Waals surface area contributed by atoms with E-state index in [0.717, 1.165) is 5.56 Å². The largest absolute Gasteiger partial charge is 0.496 e. The smallest absolute Gasteiger partial charge is 0.247 e. The molecule has 2 aliphatic heterocycles. The molecule has 0 spiro atoms. The summed E-state index contributed by atoms with van der Waals surface area (Å²) in [5.41, 5.74) is 1.67. The van der Waals surface area contributed by atoms with Crippen LogP contribution in [0.15, 0.2) is 54.7 Å². The first-order valence-electron chi connectivity index (χ1n) is 16.5. The van der Waals surface area contributed by atoms with E-state index in [1.807, 2.05) is 58.0 Å².